The van der Waals surface area contributed by atoms with Gasteiger partial charge >= 0.3 is 0 Å². The molecule has 4 N–H and O–H groups in total. The molecule has 0 atom stereocenters. The summed E-state index contributed by atoms with van der Waals surface area (Å²) in [6.07, 6.45) is 0. The molecule has 21 heavy (non-hydrogen) atoms. The summed E-state index contributed by atoms with van der Waals surface area (Å²) in [6, 6.07) is 12.1. The van der Waals surface area contributed by atoms with Crippen molar-refractivity contribution in [3.8, 4) is 0 Å². The van der Waals surface area contributed by atoms with Crippen molar-refractivity contribution < 1.29 is 9.60 Å². The number of nitrogens with two attached hydrogens (primary N) is 1. The third kappa shape index (κ3) is 4.03. The van der Waals surface area contributed by atoms with Gasteiger partial charge in [-0.25, -0.2) is 4.39 Å². The molecule has 0 saturated carbocycles. The molecule has 110 valence electrons. The molecule has 0 amide bonds. The molecule has 0 fully saturated rings. The first-order valence-corrected chi connectivity index (χ1v) is 7.11. The van der Waals surface area contributed by atoms with E-state index in [0.29, 0.717) is 24.2 Å². The molecule has 2 aromatic rings. The quantitative estimate of drug-likeness (QED) is 0.335. The Labute approximate surface area is 130 Å². The van der Waals surface area contributed by atoms with Gasteiger partial charge in [0.1, 0.15) is 5.82 Å². The number of nitrogens with zero attached hydrogens (tertiary/aromatic N) is 1. The van der Waals surface area contributed by atoms with Gasteiger partial charge in [0.2, 0.25) is 0 Å². The third-order valence-electron chi connectivity index (χ3n) is 3.04. The molecule has 0 aliphatic rings. The lowest BCUT2D eigenvalue weighted by molar-refractivity contribution is 0.318. The average Bonchev–Trinajstić information content (AvgIpc) is 2.50. The Kier molecular flexibility index (Phi) is 5.30. The van der Waals surface area contributed by atoms with Gasteiger partial charge in [0, 0.05) is 28.7 Å². The number of halogens is 2. The number of hydrogen-bond acceptors (Lipinski definition) is 3. The summed E-state index contributed by atoms with van der Waals surface area (Å²) < 4.78 is 14.5. The first kappa shape index (κ1) is 15.5. The lowest BCUT2D eigenvalue weighted by Gasteiger charge is -2.10. The Bertz CT molecular complexity index is 661. The molecular weight excluding hydrogens is 337 g/mol. The summed E-state index contributed by atoms with van der Waals surface area (Å²) in [5, 5.41) is 14.9. The van der Waals surface area contributed by atoms with E-state index < -0.39 is 0 Å². The Hall–Kier alpha value is -1.92. The highest BCUT2D eigenvalue weighted by Crippen LogP contribution is 2.16. The van der Waals surface area contributed by atoms with Crippen LogP contribution in [0.15, 0.2) is 52.1 Å². The van der Waals surface area contributed by atoms with Crippen LogP contribution in [-0.2, 0) is 13.1 Å². The van der Waals surface area contributed by atoms with Gasteiger partial charge in [-0.1, -0.05) is 45.4 Å². The molecule has 6 heteroatoms. The third-order valence-corrected chi connectivity index (χ3v) is 3.53. The van der Waals surface area contributed by atoms with Crippen molar-refractivity contribution in [2.45, 2.75) is 13.1 Å². The normalized spacial score (nSPS) is 11.6. The largest absolute Gasteiger partial charge is 0.409 e. The minimum atomic E-state index is -0.254. The summed E-state index contributed by atoms with van der Waals surface area (Å²) in [5.41, 5.74) is 7.74. The van der Waals surface area contributed by atoms with Crippen LogP contribution >= 0.6 is 15.9 Å². The average molecular weight is 352 g/mol. The SMILES string of the molecule is NC(=NO)c1ccccc1CNCc1cc(Br)ccc1F. The maximum Gasteiger partial charge on any atom is 0.170 e. The predicted octanol–water partition coefficient (Wildman–Crippen LogP) is 2.97. The van der Waals surface area contributed by atoms with E-state index in [1.165, 1.54) is 6.07 Å². The number of nitrogens with one attached hydrogen (secondary N) is 1. The van der Waals surface area contributed by atoms with Crippen LogP contribution in [0.2, 0.25) is 0 Å². The maximum atomic E-state index is 13.6. The molecule has 2 rings (SSSR count). The monoisotopic (exact) mass is 351 g/mol. The fourth-order valence-corrected chi connectivity index (χ4v) is 2.40. The van der Waals surface area contributed by atoms with Crippen LogP contribution in [0, 0.1) is 5.82 Å². The highest BCUT2D eigenvalue weighted by molar-refractivity contribution is 9.10. The molecular formula is C15H15BrFN3O. The van der Waals surface area contributed by atoms with Gasteiger partial charge in [0.25, 0.3) is 0 Å². The van der Waals surface area contributed by atoms with Crippen molar-refractivity contribution >= 4 is 21.8 Å². The van der Waals surface area contributed by atoms with Crippen molar-refractivity contribution in [2.24, 2.45) is 10.9 Å². The highest BCUT2D eigenvalue weighted by Gasteiger charge is 2.07. The van der Waals surface area contributed by atoms with Crippen LogP contribution < -0.4 is 11.1 Å². The first-order chi connectivity index (χ1) is 10.1. The molecule has 2 aromatic carbocycles. The molecule has 0 radical (unpaired) electrons. The summed E-state index contributed by atoms with van der Waals surface area (Å²) in [5.74, 6) is -0.198. The van der Waals surface area contributed by atoms with E-state index in [4.69, 9.17) is 10.9 Å². The summed E-state index contributed by atoms with van der Waals surface area (Å²) >= 11 is 3.32. The van der Waals surface area contributed by atoms with Crippen molar-refractivity contribution in [3.63, 3.8) is 0 Å². The lowest BCUT2D eigenvalue weighted by Crippen LogP contribution is -2.20. The van der Waals surface area contributed by atoms with E-state index in [9.17, 15) is 4.39 Å². The van der Waals surface area contributed by atoms with E-state index >= 15 is 0 Å². The first-order valence-electron chi connectivity index (χ1n) is 6.32. The van der Waals surface area contributed by atoms with E-state index in [-0.39, 0.29) is 11.7 Å². The number of rotatable bonds is 5. The van der Waals surface area contributed by atoms with Crippen molar-refractivity contribution in [3.05, 3.63) is 69.4 Å². The van der Waals surface area contributed by atoms with Crippen LogP contribution in [-0.4, -0.2) is 11.0 Å². The van der Waals surface area contributed by atoms with E-state index in [0.717, 1.165) is 10.0 Å². The Morgan fingerprint density at radius 2 is 1.90 bits per heavy atom. The molecule has 4 nitrogen and oxygen atoms in total. The molecule has 0 heterocycles. The second-order valence-corrected chi connectivity index (χ2v) is 5.40. The van der Waals surface area contributed by atoms with E-state index in [1.54, 1.807) is 18.2 Å². The van der Waals surface area contributed by atoms with Gasteiger partial charge in [0.05, 0.1) is 0 Å². The fraction of sp³-hybridized carbons (Fsp3) is 0.133. The molecule has 0 aliphatic carbocycles. The van der Waals surface area contributed by atoms with Crippen LogP contribution in [0.5, 0.6) is 0 Å². The number of oxime groups is 1. The molecule has 0 bridgehead atoms. The van der Waals surface area contributed by atoms with Crippen LogP contribution in [0.25, 0.3) is 0 Å². The zero-order valence-electron chi connectivity index (χ0n) is 11.2. The minimum Gasteiger partial charge on any atom is -0.409 e. The Balaban J connectivity index is 2.06. The smallest absolute Gasteiger partial charge is 0.170 e. The fourth-order valence-electron chi connectivity index (χ4n) is 1.99. The van der Waals surface area contributed by atoms with Gasteiger partial charge in [0.15, 0.2) is 5.84 Å². The standard InChI is InChI=1S/C15H15BrFN3O/c16-12-5-6-14(17)11(7-12)9-19-8-10-3-1-2-4-13(10)15(18)20-21/h1-7,19,21H,8-9H2,(H2,18,20). The predicted molar refractivity (Wildman–Crippen MR) is 83.6 cm³/mol. The van der Waals surface area contributed by atoms with Gasteiger partial charge in [-0.2, -0.15) is 0 Å². The van der Waals surface area contributed by atoms with Crippen molar-refractivity contribution in [1.82, 2.24) is 5.32 Å². The van der Waals surface area contributed by atoms with Gasteiger partial charge < -0.3 is 16.3 Å². The highest BCUT2D eigenvalue weighted by atomic mass is 79.9. The summed E-state index contributed by atoms with van der Waals surface area (Å²) in [4.78, 5) is 0. The number of benzene rings is 2. The number of amidine groups is 1. The maximum absolute atomic E-state index is 13.6. The molecule has 0 spiro atoms. The van der Waals surface area contributed by atoms with Gasteiger partial charge in [-0.05, 0) is 23.8 Å². The zero-order valence-corrected chi connectivity index (χ0v) is 12.8. The molecule has 0 aliphatic heterocycles. The van der Waals surface area contributed by atoms with Crippen LogP contribution in [0.3, 0.4) is 0 Å². The Morgan fingerprint density at radius 1 is 1.19 bits per heavy atom. The topological polar surface area (TPSA) is 70.6 Å². The zero-order chi connectivity index (χ0) is 15.2. The van der Waals surface area contributed by atoms with E-state index in [1.807, 2.05) is 18.2 Å². The molecule has 0 unspecified atom stereocenters. The molecule has 0 saturated heterocycles. The van der Waals surface area contributed by atoms with Crippen molar-refractivity contribution in [2.75, 3.05) is 0 Å². The summed E-state index contributed by atoms with van der Waals surface area (Å²) in [7, 11) is 0. The van der Waals surface area contributed by atoms with Crippen LogP contribution in [0.1, 0.15) is 16.7 Å². The minimum absolute atomic E-state index is 0.0565. The Morgan fingerprint density at radius 3 is 2.67 bits per heavy atom. The summed E-state index contributed by atoms with van der Waals surface area (Å²) in [6.45, 7) is 0.869. The van der Waals surface area contributed by atoms with Crippen molar-refractivity contribution in [1.29, 1.82) is 0 Å². The van der Waals surface area contributed by atoms with E-state index in [2.05, 4.69) is 26.4 Å². The second kappa shape index (κ2) is 7.19. The molecule has 0 aromatic heterocycles. The van der Waals surface area contributed by atoms with Crippen LogP contribution in [0.4, 0.5) is 4.39 Å². The number of hydrogen-bond donors (Lipinski definition) is 3. The van der Waals surface area contributed by atoms with Gasteiger partial charge in [-0.3, -0.25) is 0 Å². The second-order valence-electron chi connectivity index (χ2n) is 4.48. The lowest BCUT2D eigenvalue weighted by atomic mass is 10.1. The van der Waals surface area contributed by atoms with Gasteiger partial charge in [-0.15, -0.1) is 0 Å².